The molecule has 0 fully saturated rings. The molecule has 0 atom stereocenters. The van der Waals surface area contributed by atoms with Crippen LogP contribution < -0.4 is 0 Å². The Bertz CT molecular complexity index is 407. The van der Waals surface area contributed by atoms with Gasteiger partial charge in [0.05, 0.1) is 0 Å². The predicted molar refractivity (Wildman–Crippen MR) is 93.8 cm³/mol. The zero-order valence-corrected chi connectivity index (χ0v) is 16.2. The highest BCUT2D eigenvalue weighted by molar-refractivity contribution is 6.90. The van der Waals surface area contributed by atoms with Crippen LogP contribution in [0.25, 0.3) is 0 Å². The summed E-state index contributed by atoms with van der Waals surface area (Å²) in [4.78, 5) is 11.6. The van der Waals surface area contributed by atoms with Crippen molar-refractivity contribution in [2.75, 3.05) is 0 Å². The van der Waals surface area contributed by atoms with Crippen LogP contribution in [-0.4, -0.2) is 19.6 Å². The Hall–Kier alpha value is -1.01. The summed E-state index contributed by atoms with van der Waals surface area (Å²) in [5.74, 6) is 2.79. The lowest BCUT2D eigenvalue weighted by Gasteiger charge is -2.37. The number of rotatable bonds is 4. The monoisotopic (exact) mass is 308 g/mol. The molecule has 0 aromatic rings. The largest absolute Gasteiger partial charge is 0.457 e. The maximum atomic E-state index is 11.6. The lowest BCUT2D eigenvalue weighted by molar-refractivity contribution is -0.148. The maximum absolute atomic E-state index is 11.6. The molecule has 0 bridgehead atoms. The Labute approximate surface area is 132 Å². The summed E-state index contributed by atoms with van der Waals surface area (Å²) in [5, 5.41) is 0. The fraction of sp³-hybridized carbons (Fsp3) is 0.722. The standard InChI is InChI=1S/C18H32O2Si/c1-14(2)21(15(3)4,16(5)6)13-11-10-12-17(19)20-18(7,8)9/h10,12,14-16H,1-9H3/b12-10+. The van der Waals surface area contributed by atoms with Gasteiger partial charge in [0.15, 0.2) is 0 Å². The van der Waals surface area contributed by atoms with Gasteiger partial charge in [-0.15, -0.1) is 5.54 Å². The van der Waals surface area contributed by atoms with Gasteiger partial charge in [-0.05, 0) is 43.5 Å². The third-order valence-corrected chi connectivity index (χ3v) is 10.2. The minimum absolute atomic E-state index is 0.331. The van der Waals surface area contributed by atoms with Crippen molar-refractivity contribution < 1.29 is 9.53 Å². The highest BCUT2D eigenvalue weighted by Gasteiger charge is 2.41. The second-order valence-corrected chi connectivity index (χ2v) is 13.1. The molecular weight excluding hydrogens is 276 g/mol. The summed E-state index contributed by atoms with van der Waals surface area (Å²) in [6.07, 6.45) is 3.07. The molecule has 0 radical (unpaired) electrons. The fourth-order valence-corrected chi connectivity index (χ4v) is 8.24. The molecule has 0 N–H and O–H groups in total. The van der Waals surface area contributed by atoms with Crippen molar-refractivity contribution in [2.45, 2.75) is 84.5 Å². The van der Waals surface area contributed by atoms with Gasteiger partial charge in [-0.25, -0.2) is 4.79 Å². The Kier molecular flexibility index (Phi) is 7.46. The van der Waals surface area contributed by atoms with E-state index in [4.69, 9.17) is 4.74 Å². The molecule has 0 aromatic carbocycles. The molecule has 0 aliphatic carbocycles. The summed E-state index contributed by atoms with van der Waals surface area (Å²) >= 11 is 0. The number of carbonyl (C=O) groups excluding carboxylic acids is 1. The van der Waals surface area contributed by atoms with Crippen LogP contribution in [0.4, 0.5) is 0 Å². The highest BCUT2D eigenvalue weighted by Crippen LogP contribution is 2.40. The molecule has 0 amide bonds. The number of ether oxygens (including phenoxy) is 1. The van der Waals surface area contributed by atoms with Crippen LogP contribution in [0.5, 0.6) is 0 Å². The molecule has 120 valence electrons. The van der Waals surface area contributed by atoms with Crippen molar-refractivity contribution in [1.29, 1.82) is 0 Å². The summed E-state index contributed by atoms with van der Waals surface area (Å²) in [7, 11) is -1.71. The van der Waals surface area contributed by atoms with Gasteiger partial charge in [-0.3, -0.25) is 0 Å². The van der Waals surface area contributed by atoms with E-state index in [1.165, 1.54) is 6.08 Å². The van der Waals surface area contributed by atoms with Crippen molar-refractivity contribution in [3.05, 3.63) is 12.2 Å². The molecule has 21 heavy (non-hydrogen) atoms. The summed E-state index contributed by atoms with van der Waals surface area (Å²) < 4.78 is 5.23. The SMILES string of the molecule is CC(C)[Si](C#C/C=C/C(=O)OC(C)(C)C)(C(C)C)C(C)C. The summed E-state index contributed by atoms with van der Waals surface area (Å²) in [6.45, 7) is 19.2. The minimum Gasteiger partial charge on any atom is -0.457 e. The second-order valence-electron chi connectivity index (χ2n) is 7.53. The summed E-state index contributed by atoms with van der Waals surface area (Å²) in [5.41, 5.74) is 4.88. The molecule has 0 heterocycles. The number of hydrogen-bond acceptors (Lipinski definition) is 2. The second kappa shape index (κ2) is 7.84. The van der Waals surface area contributed by atoms with Gasteiger partial charge in [0.25, 0.3) is 0 Å². The number of carbonyl (C=O) groups is 1. The Morgan fingerprint density at radius 3 is 1.76 bits per heavy atom. The van der Waals surface area contributed by atoms with Gasteiger partial charge in [0.2, 0.25) is 0 Å². The van der Waals surface area contributed by atoms with Crippen molar-refractivity contribution in [3.63, 3.8) is 0 Å². The normalized spacial score (nSPS) is 13.0. The third-order valence-electron chi connectivity index (χ3n) is 3.86. The molecule has 0 rings (SSSR count). The van der Waals surface area contributed by atoms with E-state index >= 15 is 0 Å². The molecule has 0 saturated carbocycles. The van der Waals surface area contributed by atoms with E-state index in [0.29, 0.717) is 16.6 Å². The van der Waals surface area contributed by atoms with Crippen molar-refractivity contribution in [3.8, 4) is 11.5 Å². The molecule has 0 aliphatic heterocycles. The van der Waals surface area contributed by atoms with Crippen molar-refractivity contribution in [2.24, 2.45) is 0 Å². The van der Waals surface area contributed by atoms with Crippen molar-refractivity contribution in [1.82, 2.24) is 0 Å². The average molecular weight is 309 g/mol. The van der Waals surface area contributed by atoms with E-state index in [1.54, 1.807) is 6.08 Å². The molecule has 0 spiro atoms. The van der Waals surface area contributed by atoms with Gasteiger partial charge >= 0.3 is 5.97 Å². The Morgan fingerprint density at radius 2 is 1.43 bits per heavy atom. The topological polar surface area (TPSA) is 26.3 Å². The first-order valence-electron chi connectivity index (χ1n) is 7.85. The van der Waals surface area contributed by atoms with Crippen LogP contribution in [0.1, 0.15) is 62.3 Å². The zero-order valence-electron chi connectivity index (χ0n) is 15.2. The third kappa shape index (κ3) is 6.09. The first-order valence-corrected chi connectivity index (χ1v) is 10.1. The van der Waals surface area contributed by atoms with Crippen LogP contribution in [0.15, 0.2) is 12.2 Å². The van der Waals surface area contributed by atoms with Crippen LogP contribution in [0, 0.1) is 11.5 Å². The molecule has 2 nitrogen and oxygen atoms in total. The van der Waals surface area contributed by atoms with E-state index < -0.39 is 13.7 Å². The summed E-state index contributed by atoms with van der Waals surface area (Å²) in [6, 6.07) is 0. The number of hydrogen-bond donors (Lipinski definition) is 0. The van der Waals surface area contributed by atoms with E-state index in [2.05, 4.69) is 53.0 Å². The molecule has 0 saturated heterocycles. The average Bonchev–Trinajstić information content (AvgIpc) is 2.24. The predicted octanol–water partition coefficient (Wildman–Crippen LogP) is 5.11. The van der Waals surface area contributed by atoms with Crippen LogP contribution in [0.3, 0.4) is 0 Å². The van der Waals surface area contributed by atoms with Crippen molar-refractivity contribution >= 4 is 14.0 Å². The van der Waals surface area contributed by atoms with Gasteiger partial charge in [0, 0.05) is 6.08 Å². The highest BCUT2D eigenvalue weighted by atomic mass is 28.3. The number of allylic oxidation sites excluding steroid dienone is 1. The quantitative estimate of drug-likeness (QED) is 0.312. The molecule has 0 aliphatic rings. The molecule has 0 aromatic heterocycles. The smallest absolute Gasteiger partial charge is 0.331 e. The van der Waals surface area contributed by atoms with E-state index in [-0.39, 0.29) is 5.97 Å². The first-order chi connectivity index (χ1) is 9.43. The Balaban J connectivity index is 5.12. The van der Waals surface area contributed by atoms with Crippen LogP contribution in [0.2, 0.25) is 16.6 Å². The lowest BCUT2D eigenvalue weighted by atomic mass is 10.2. The van der Waals surface area contributed by atoms with E-state index in [1.807, 2.05) is 20.8 Å². The van der Waals surface area contributed by atoms with Crippen LogP contribution >= 0.6 is 0 Å². The minimum atomic E-state index is -1.71. The van der Waals surface area contributed by atoms with Gasteiger partial charge in [0.1, 0.15) is 13.7 Å². The zero-order chi connectivity index (χ0) is 16.8. The van der Waals surface area contributed by atoms with Gasteiger partial charge in [-0.2, -0.15) is 0 Å². The first kappa shape index (κ1) is 20.0. The lowest BCUT2D eigenvalue weighted by Crippen LogP contribution is -2.43. The van der Waals surface area contributed by atoms with Gasteiger partial charge < -0.3 is 4.74 Å². The maximum Gasteiger partial charge on any atom is 0.331 e. The van der Waals surface area contributed by atoms with E-state index in [9.17, 15) is 4.79 Å². The number of esters is 1. The fourth-order valence-electron chi connectivity index (χ4n) is 3.05. The van der Waals surface area contributed by atoms with Gasteiger partial charge in [-0.1, -0.05) is 47.5 Å². The molecule has 3 heteroatoms. The Morgan fingerprint density at radius 1 is 1.00 bits per heavy atom. The van der Waals surface area contributed by atoms with E-state index in [0.717, 1.165) is 0 Å². The molecule has 0 unspecified atom stereocenters. The molecular formula is C18H32O2Si. The van der Waals surface area contributed by atoms with Crippen LogP contribution in [-0.2, 0) is 9.53 Å².